The highest BCUT2D eigenvalue weighted by Crippen LogP contribution is 2.31. The Hall–Kier alpha value is -2.94. The van der Waals surface area contributed by atoms with Crippen LogP contribution in [0, 0.1) is 11.3 Å². The number of nitriles is 1. The SMILES string of the molecule is N#Cc1ccnc(CONC2=CCN(S(=O)(=O)c3cccc(C(F)(F)F)c3)CC2)c1. The molecule has 0 atom stereocenters. The average molecular weight is 438 g/mol. The van der Waals surface area contributed by atoms with Gasteiger partial charge in [0.2, 0.25) is 10.0 Å². The number of aromatic nitrogens is 1. The van der Waals surface area contributed by atoms with Crippen molar-refractivity contribution in [2.75, 3.05) is 13.1 Å². The van der Waals surface area contributed by atoms with Crippen LogP contribution in [0.1, 0.15) is 23.2 Å². The first-order valence-electron chi connectivity index (χ1n) is 8.79. The number of alkyl halides is 3. The Bertz CT molecular complexity index is 1090. The molecule has 0 aliphatic carbocycles. The number of nitrogens with one attached hydrogen (secondary N) is 1. The molecule has 158 valence electrons. The Kier molecular flexibility index (Phi) is 6.40. The smallest absolute Gasteiger partial charge is 0.271 e. The van der Waals surface area contributed by atoms with E-state index in [0.717, 1.165) is 22.5 Å². The van der Waals surface area contributed by atoms with E-state index >= 15 is 0 Å². The molecule has 0 bridgehead atoms. The molecule has 1 aliphatic rings. The van der Waals surface area contributed by atoms with E-state index in [1.54, 1.807) is 18.2 Å². The highest BCUT2D eigenvalue weighted by atomic mass is 32.2. The Balaban J connectivity index is 1.60. The van der Waals surface area contributed by atoms with Gasteiger partial charge in [-0.05, 0) is 36.4 Å². The fourth-order valence-electron chi connectivity index (χ4n) is 2.77. The second-order valence-corrected chi connectivity index (χ2v) is 8.34. The minimum atomic E-state index is -4.62. The summed E-state index contributed by atoms with van der Waals surface area (Å²) in [7, 11) is -4.06. The zero-order chi connectivity index (χ0) is 21.8. The van der Waals surface area contributed by atoms with Gasteiger partial charge in [-0.1, -0.05) is 6.07 Å². The van der Waals surface area contributed by atoms with Crippen molar-refractivity contribution in [1.82, 2.24) is 14.8 Å². The third-order valence-corrected chi connectivity index (χ3v) is 6.20. The normalized spacial score (nSPS) is 15.3. The maximum Gasteiger partial charge on any atom is 0.416 e. The Morgan fingerprint density at radius 1 is 1.27 bits per heavy atom. The van der Waals surface area contributed by atoms with Crippen LogP contribution in [0.25, 0.3) is 0 Å². The van der Waals surface area contributed by atoms with E-state index in [-0.39, 0.29) is 19.7 Å². The first-order chi connectivity index (χ1) is 14.2. The van der Waals surface area contributed by atoms with Gasteiger partial charge in [0.05, 0.1) is 27.8 Å². The summed E-state index contributed by atoms with van der Waals surface area (Å²) >= 11 is 0. The van der Waals surface area contributed by atoms with Crippen molar-refractivity contribution in [3.63, 3.8) is 0 Å². The fourth-order valence-corrected chi connectivity index (χ4v) is 4.20. The van der Waals surface area contributed by atoms with Crippen LogP contribution in [-0.4, -0.2) is 30.8 Å². The molecule has 0 amide bonds. The summed E-state index contributed by atoms with van der Waals surface area (Å²) in [5.74, 6) is 0. The van der Waals surface area contributed by atoms with Gasteiger partial charge in [0, 0.05) is 31.4 Å². The lowest BCUT2D eigenvalue weighted by molar-refractivity contribution is -0.137. The van der Waals surface area contributed by atoms with Crippen LogP contribution in [0.5, 0.6) is 0 Å². The summed E-state index contributed by atoms with van der Waals surface area (Å²) < 4.78 is 65.1. The van der Waals surface area contributed by atoms with Crippen molar-refractivity contribution >= 4 is 10.0 Å². The van der Waals surface area contributed by atoms with Gasteiger partial charge in [-0.25, -0.2) is 8.42 Å². The lowest BCUT2D eigenvalue weighted by atomic mass is 10.2. The number of hydrogen-bond acceptors (Lipinski definition) is 6. The van der Waals surface area contributed by atoms with Crippen molar-refractivity contribution in [3.8, 4) is 6.07 Å². The van der Waals surface area contributed by atoms with Gasteiger partial charge in [0.15, 0.2) is 0 Å². The van der Waals surface area contributed by atoms with E-state index in [2.05, 4.69) is 10.5 Å². The summed E-state index contributed by atoms with van der Waals surface area (Å²) in [6, 6.07) is 8.84. The zero-order valence-corrected chi connectivity index (χ0v) is 16.4. The van der Waals surface area contributed by atoms with Crippen LogP contribution in [0.4, 0.5) is 13.2 Å². The van der Waals surface area contributed by atoms with Crippen LogP contribution in [0.15, 0.2) is 59.3 Å². The van der Waals surface area contributed by atoms with Crippen LogP contribution in [0.3, 0.4) is 0 Å². The van der Waals surface area contributed by atoms with E-state index < -0.39 is 26.7 Å². The molecule has 1 aromatic carbocycles. The largest absolute Gasteiger partial charge is 0.416 e. The molecule has 1 N–H and O–H groups in total. The van der Waals surface area contributed by atoms with E-state index in [4.69, 9.17) is 10.1 Å². The minimum absolute atomic E-state index is 0.00750. The predicted molar refractivity (Wildman–Crippen MR) is 99.8 cm³/mol. The zero-order valence-electron chi connectivity index (χ0n) is 15.6. The maximum absolute atomic E-state index is 12.9. The number of rotatable bonds is 6. The van der Waals surface area contributed by atoms with E-state index in [9.17, 15) is 21.6 Å². The molecule has 30 heavy (non-hydrogen) atoms. The summed E-state index contributed by atoms with van der Waals surface area (Å²) in [5, 5.41) is 8.87. The van der Waals surface area contributed by atoms with Gasteiger partial charge in [0.25, 0.3) is 0 Å². The van der Waals surface area contributed by atoms with Crippen molar-refractivity contribution < 1.29 is 26.4 Å². The number of sulfonamides is 1. The van der Waals surface area contributed by atoms with Crippen LogP contribution < -0.4 is 5.48 Å². The molecule has 0 radical (unpaired) electrons. The molecule has 0 saturated carbocycles. The molecule has 0 unspecified atom stereocenters. The molecule has 0 fully saturated rings. The Morgan fingerprint density at radius 3 is 2.73 bits per heavy atom. The van der Waals surface area contributed by atoms with Crippen molar-refractivity contribution in [2.24, 2.45) is 0 Å². The molecule has 1 aliphatic heterocycles. The molecule has 0 saturated heterocycles. The number of nitrogens with zero attached hydrogens (tertiary/aromatic N) is 3. The quantitative estimate of drug-likeness (QED) is 0.697. The number of benzene rings is 1. The molecule has 2 aromatic rings. The average Bonchev–Trinajstić information content (AvgIpc) is 2.74. The van der Waals surface area contributed by atoms with Crippen molar-refractivity contribution in [2.45, 2.75) is 24.1 Å². The molecular formula is C19H17F3N4O3S. The van der Waals surface area contributed by atoms with Crippen molar-refractivity contribution in [1.29, 1.82) is 5.26 Å². The van der Waals surface area contributed by atoms with Gasteiger partial charge in [-0.3, -0.25) is 15.3 Å². The van der Waals surface area contributed by atoms with E-state index in [1.807, 2.05) is 6.07 Å². The lowest BCUT2D eigenvalue weighted by Crippen LogP contribution is -2.36. The Labute approximate surface area is 171 Å². The molecular weight excluding hydrogens is 421 g/mol. The summed E-state index contributed by atoms with van der Waals surface area (Å²) in [4.78, 5) is 9.00. The third kappa shape index (κ3) is 5.15. The molecule has 3 rings (SSSR count). The van der Waals surface area contributed by atoms with Gasteiger partial charge in [0.1, 0.15) is 6.61 Å². The number of halogens is 3. The molecule has 2 heterocycles. The maximum atomic E-state index is 12.9. The second kappa shape index (κ2) is 8.83. The topological polar surface area (TPSA) is 95.3 Å². The summed E-state index contributed by atoms with van der Waals surface area (Å²) in [6.45, 7) is 0.175. The number of hydrogen-bond donors (Lipinski definition) is 1. The highest BCUT2D eigenvalue weighted by Gasteiger charge is 2.33. The Morgan fingerprint density at radius 2 is 2.07 bits per heavy atom. The third-order valence-electron chi connectivity index (χ3n) is 4.34. The number of hydroxylamine groups is 1. The molecule has 1 aromatic heterocycles. The van der Waals surface area contributed by atoms with E-state index in [1.165, 1.54) is 6.20 Å². The first-order valence-corrected chi connectivity index (χ1v) is 10.2. The standard InChI is InChI=1S/C19H17F3N4O3S/c20-19(21,22)15-2-1-3-18(11-15)30(27,28)26-8-5-16(6-9-26)25-29-13-17-10-14(12-23)4-7-24-17/h1-5,7,10-11,25H,6,8-9,13H2. The summed E-state index contributed by atoms with van der Waals surface area (Å²) in [6.07, 6.45) is -1.24. The first kappa shape index (κ1) is 21.8. The van der Waals surface area contributed by atoms with Crippen molar-refractivity contribution in [3.05, 3.63) is 71.2 Å². The monoisotopic (exact) mass is 438 g/mol. The van der Waals surface area contributed by atoms with Crippen LogP contribution in [0.2, 0.25) is 0 Å². The summed E-state index contributed by atoms with van der Waals surface area (Å²) in [5.41, 5.74) is 3.35. The van der Waals surface area contributed by atoms with E-state index in [0.29, 0.717) is 29.4 Å². The van der Waals surface area contributed by atoms with Crippen LogP contribution >= 0.6 is 0 Å². The predicted octanol–water partition coefficient (Wildman–Crippen LogP) is 2.97. The molecule has 11 heteroatoms. The fraction of sp³-hybridized carbons (Fsp3) is 0.263. The number of pyridine rings is 1. The molecule has 0 spiro atoms. The lowest BCUT2D eigenvalue weighted by Gasteiger charge is -2.26. The van der Waals surface area contributed by atoms with Gasteiger partial charge in [-0.2, -0.15) is 22.7 Å². The highest BCUT2D eigenvalue weighted by molar-refractivity contribution is 7.89. The van der Waals surface area contributed by atoms with Gasteiger partial charge in [-0.15, -0.1) is 0 Å². The van der Waals surface area contributed by atoms with Gasteiger partial charge < -0.3 is 0 Å². The minimum Gasteiger partial charge on any atom is -0.271 e. The van der Waals surface area contributed by atoms with Gasteiger partial charge >= 0.3 is 6.18 Å². The second-order valence-electron chi connectivity index (χ2n) is 6.41. The molecule has 7 nitrogen and oxygen atoms in total. The van der Waals surface area contributed by atoms with Crippen LogP contribution in [-0.2, 0) is 27.6 Å².